The number of ether oxygens (including phenoxy) is 1. The van der Waals surface area contributed by atoms with Crippen LogP contribution in [0, 0.1) is 6.92 Å². The largest absolute Gasteiger partial charge is 0.497 e. The van der Waals surface area contributed by atoms with E-state index in [-0.39, 0.29) is 22.9 Å². The highest BCUT2D eigenvalue weighted by Gasteiger charge is 2.44. The molecule has 1 aliphatic rings. The molecular formula is C17H18ClNO5S2. The van der Waals surface area contributed by atoms with Gasteiger partial charge >= 0.3 is 0 Å². The Balaban J connectivity index is 1.80. The molecule has 2 aromatic carbocycles. The van der Waals surface area contributed by atoms with Crippen molar-refractivity contribution in [1.82, 2.24) is 4.31 Å². The molecule has 1 aliphatic heterocycles. The van der Waals surface area contributed by atoms with Crippen molar-refractivity contribution in [3.63, 3.8) is 0 Å². The number of methoxy groups -OCH3 is 1. The summed E-state index contributed by atoms with van der Waals surface area (Å²) in [5.74, 6) is 0.554. The zero-order valence-electron chi connectivity index (χ0n) is 14.2. The van der Waals surface area contributed by atoms with Gasteiger partial charge in [0, 0.05) is 18.1 Å². The van der Waals surface area contributed by atoms with Crippen LogP contribution in [0.3, 0.4) is 0 Å². The molecular weight excluding hydrogens is 398 g/mol. The van der Waals surface area contributed by atoms with Crippen molar-refractivity contribution in [1.29, 1.82) is 0 Å². The molecule has 0 N–H and O–H groups in total. The summed E-state index contributed by atoms with van der Waals surface area (Å²) in [7, 11) is -5.89. The van der Waals surface area contributed by atoms with Gasteiger partial charge in [-0.1, -0.05) is 17.7 Å². The molecule has 9 heteroatoms. The number of benzene rings is 2. The highest BCUT2D eigenvalue weighted by Crippen LogP contribution is 2.31. The Hall–Kier alpha value is -1.61. The first-order valence-electron chi connectivity index (χ1n) is 7.80. The second-order valence-electron chi connectivity index (χ2n) is 6.07. The highest BCUT2D eigenvalue weighted by molar-refractivity contribution is 7.92. The SMILES string of the molecule is COc1ccc(S(=O)(=O)C2CN(S(=O)(=O)c3cc(Cl)ccc3C)C2)cc1. The van der Waals surface area contributed by atoms with Crippen molar-refractivity contribution in [3.05, 3.63) is 53.1 Å². The van der Waals surface area contributed by atoms with Gasteiger partial charge in [0.05, 0.1) is 22.2 Å². The van der Waals surface area contributed by atoms with Gasteiger partial charge in [-0.25, -0.2) is 16.8 Å². The van der Waals surface area contributed by atoms with Crippen LogP contribution in [0.5, 0.6) is 5.75 Å². The van der Waals surface area contributed by atoms with E-state index in [1.807, 2.05) is 0 Å². The molecule has 3 rings (SSSR count). The van der Waals surface area contributed by atoms with Gasteiger partial charge in [-0.05, 0) is 48.9 Å². The molecule has 26 heavy (non-hydrogen) atoms. The summed E-state index contributed by atoms with van der Waals surface area (Å²) < 4.78 is 57.0. The Kier molecular flexibility index (Phi) is 5.04. The van der Waals surface area contributed by atoms with Crippen molar-refractivity contribution < 1.29 is 21.6 Å². The number of hydrogen-bond acceptors (Lipinski definition) is 5. The van der Waals surface area contributed by atoms with Crippen molar-refractivity contribution in [2.24, 2.45) is 0 Å². The standard InChI is InChI=1S/C17H18ClNO5S2/c1-12-3-4-13(18)9-17(12)26(22,23)19-10-16(11-19)25(20,21)15-7-5-14(24-2)6-8-15/h3-9,16H,10-11H2,1-2H3. The fourth-order valence-electron chi connectivity index (χ4n) is 2.74. The van der Waals surface area contributed by atoms with Gasteiger partial charge in [-0.3, -0.25) is 0 Å². The fourth-order valence-corrected chi connectivity index (χ4v) is 6.60. The number of sulfonamides is 1. The third kappa shape index (κ3) is 3.34. The average Bonchev–Trinajstić information content (AvgIpc) is 2.55. The third-order valence-corrected chi connectivity index (χ3v) is 8.72. The lowest BCUT2D eigenvalue weighted by atomic mass is 10.2. The monoisotopic (exact) mass is 415 g/mol. The second-order valence-corrected chi connectivity index (χ2v) is 10.6. The quantitative estimate of drug-likeness (QED) is 0.749. The first kappa shape index (κ1) is 19.2. The van der Waals surface area contributed by atoms with Crippen LogP contribution in [0.1, 0.15) is 5.56 Å². The molecule has 1 saturated heterocycles. The number of sulfone groups is 1. The molecule has 0 aromatic heterocycles. The Morgan fingerprint density at radius 2 is 1.65 bits per heavy atom. The van der Waals surface area contributed by atoms with E-state index in [2.05, 4.69) is 0 Å². The van der Waals surface area contributed by atoms with Crippen LogP contribution in [0.15, 0.2) is 52.3 Å². The normalized spacial score (nSPS) is 16.3. The summed E-state index contributed by atoms with van der Waals surface area (Å²) in [4.78, 5) is 0.254. The summed E-state index contributed by atoms with van der Waals surface area (Å²) in [6.07, 6.45) is 0. The molecule has 6 nitrogen and oxygen atoms in total. The van der Waals surface area contributed by atoms with E-state index in [1.165, 1.54) is 25.3 Å². The summed E-state index contributed by atoms with van der Waals surface area (Å²) in [6.45, 7) is 1.51. The lowest BCUT2D eigenvalue weighted by Gasteiger charge is -2.37. The van der Waals surface area contributed by atoms with E-state index in [9.17, 15) is 16.8 Å². The van der Waals surface area contributed by atoms with Crippen molar-refractivity contribution in [2.75, 3.05) is 20.2 Å². The van der Waals surface area contributed by atoms with Gasteiger partial charge < -0.3 is 4.74 Å². The molecule has 0 aliphatic carbocycles. The molecule has 140 valence electrons. The first-order chi connectivity index (χ1) is 12.2. The van der Waals surface area contributed by atoms with Crippen LogP contribution >= 0.6 is 11.6 Å². The highest BCUT2D eigenvalue weighted by atomic mass is 35.5. The maximum atomic E-state index is 12.7. The van der Waals surface area contributed by atoms with Crippen LogP contribution in [-0.4, -0.2) is 46.6 Å². The van der Waals surface area contributed by atoms with Crippen LogP contribution in [-0.2, 0) is 19.9 Å². The molecule has 0 saturated carbocycles. The van der Waals surface area contributed by atoms with Gasteiger partial charge in [0.25, 0.3) is 0 Å². The first-order valence-corrected chi connectivity index (χ1v) is 11.2. The van der Waals surface area contributed by atoms with Gasteiger partial charge in [-0.2, -0.15) is 4.31 Å². The summed E-state index contributed by atoms with van der Waals surface area (Å²) >= 11 is 5.91. The topological polar surface area (TPSA) is 80.8 Å². The number of nitrogens with zero attached hydrogens (tertiary/aromatic N) is 1. The van der Waals surface area contributed by atoms with Crippen LogP contribution in [0.25, 0.3) is 0 Å². The average molecular weight is 416 g/mol. The lowest BCUT2D eigenvalue weighted by molar-refractivity contribution is 0.309. The van der Waals surface area contributed by atoms with Gasteiger partial charge in [0.15, 0.2) is 9.84 Å². The molecule has 0 radical (unpaired) electrons. The maximum absolute atomic E-state index is 12.7. The fraction of sp³-hybridized carbons (Fsp3) is 0.294. The second kappa shape index (κ2) is 6.84. The number of rotatable bonds is 5. The predicted molar refractivity (Wildman–Crippen MR) is 98.9 cm³/mol. The number of halogens is 1. The van der Waals surface area contributed by atoms with Crippen LogP contribution < -0.4 is 4.74 Å². The Labute approximate surface area is 158 Å². The van der Waals surface area contributed by atoms with E-state index < -0.39 is 25.1 Å². The number of aryl methyl sites for hydroxylation is 1. The molecule has 0 atom stereocenters. The number of hydrogen-bond donors (Lipinski definition) is 0. The maximum Gasteiger partial charge on any atom is 0.243 e. The van der Waals surface area contributed by atoms with E-state index >= 15 is 0 Å². The van der Waals surface area contributed by atoms with E-state index in [0.717, 1.165) is 4.31 Å². The van der Waals surface area contributed by atoms with Crippen molar-refractivity contribution in [3.8, 4) is 5.75 Å². The molecule has 0 unspecified atom stereocenters. The zero-order chi connectivity index (χ0) is 19.1. The Morgan fingerprint density at radius 3 is 2.23 bits per heavy atom. The van der Waals surface area contributed by atoms with E-state index in [0.29, 0.717) is 16.3 Å². The summed E-state index contributed by atoms with van der Waals surface area (Å²) in [5.41, 5.74) is 0.566. The van der Waals surface area contributed by atoms with Crippen LogP contribution in [0.4, 0.5) is 0 Å². The zero-order valence-corrected chi connectivity index (χ0v) is 16.6. The smallest absolute Gasteiger partial charge is 0.243 e. The molecule has 1 heterocycles. The lowest BCUT2D eigenvalue weighted by Crippen LogP contribution is -2.56. The van der Waals surface area contributed by atoms with Crippen molar-refractivity contribution in [2.45, 2.75) is 22.0 Å². The summed E-state index contributed by atoms with van der Waals surface area (Å²) in [6, 6.07) is 10.7. The minimum Gasteiger partial charge on any atom is -0.497 e. The predicted octanol–water partition coefficient (Wildman–Crippen LogP) is 2.50. The summed E-state index contributed by atoms with van der Waals surface area (Å²) in [5, 5.41) is -0.456. The Morgan fingerprint density at radius 1 is 1.04 bits per heavy atom. The van der Waals surface area contributed by atoms with Gasteiger partial charge in [-0.15, -0.1) is 0 Å². The minimum atomic E-state index is -3.78. The molecule has 0 spiro atoms. The molecule has 2 aromatic rings. The third-order valence-electron chi connectivity index (χ3n) is 4.41. The minimum absolute atomic E-state index is 0.0807. The Bertz CT molecular complexity index is 1030. The van der Waals surface area contributed by atoms with Crippen LogP contribution in [0.2, 0.25) is 5.02 Å². The molecule has 0 amide bonds. The van der Waals surface area contributed by atoms with Crippen molar-refractivity contribution >= 4 is 31.5 Å². The van der Waals surface area contributed by atoms with E-state index in [1.54, 1.807) is 31.2 Å². The van der Waals surface area contributed by atoms with Gasteiger partial charge in [0.2, 0.25) is 10.0 Å². The molecule has 1 fully saturated rings. The van der Waals surface area contributed by atoms with E-state index in [4.69, 9.17) is 16.3 Å². The van der Waals surface area contributed by atoms with Gasteiger partial charge in [0.1, 0.15) is 5.75 Å². The molecule has 0 bridgehead atoms.